The highest BCUT2D eigenvalue weighted by Gasteiger charge is 2.50. The van der Waals surface area contributed by atoms with E-state index in [2.05, 4.69) is 0 Å². The summed E-state index contributed by atoms with van der Waals surface area (Å²) >= 11 is 0. The van der Waals surface area contributed by atoms with Gasteiger partial charge in [-0.05, 0) is 12.5 Å². The Morgan fingerprint density at radius 2 is 2.38 bits per heavy atom. The standard InChI is InChI=1S/C11H16F3NO/c1-16-7-11-3-8(2-10(13)14)5-15(11)6-9(12)4-11/h2,9-10H,3-7H2,1H3/b8-2-. The zero-order valence-corrected chi connectivity index (χ0v) is 9.26. The largest absolute Gasteiger partial charge is 0.383 e. The maximum absolute atomic E-state index is 13.3. The Morgan fingerprint density at radius 3 is 3.00 bits per heavy atom. The first kappa shape index (κ1) is 11.9. The Bertz CT molecular complexity index is 295. The quantitative estimate of drug-likeness (QED) is 0.694. The first-order valence-corrected chi connectivity index (χ1v) is 5.41. The Kier molecular flexibility index (Phi) is 3.26. The van der Waals surface area contributed by atoms with E-state index >= 15 is 0 Å². The van der Waals surface area contributed by atoms with Crippen LogP contribution in [0.5, 0.6) is 0 Å². The van der Waals surface area contributed by atoms with Gasteiger partial charge in [0, 0.05) is 26.6 Å². The van der Waals surface area contributed by atoms with Gasteiger partial charge in [-0.2, -0.15) is 0 Å². The van der Waals surface area contributed by atoms with Gasteiger partial charge < -0.3 is 4.74 Å². The average molecular weight is 235 g/mol. The van der Waals surface area contributed by atoms with E-state index in [1.54, 1.807) is 7.11 Å². The Balaban J connectivity index is 2.13. The summed E-state index contributed by atoms with van der Waals surface area (Å²) < 4.78 is 42.9. The molecular formula is C11H16F3NO. The van der Waals surface area contributed by atoms with Crippen molar-refractivity contribution in [2.75, 3.05) is 26.8 Å². The van der Waals surface area contributed by atoms with Crippen molar-refractivity contribution in [3.8, 4) is 0 Å². The van der Waals surface area contributed by atoms with Crippen LogP contribution >= 0.6 is 0 Å². The minimum Gasteiger partial charge on any atom is -0.383 e. The van der Waals surface area contributed by atoms with Crippen molar-refractivity contribution in [3.63, 3.8) is 0 Å². The summed E-state index contributed by atoms with van der Waals surface area (Å²) in [6.45, 7) is 1.20. The van der Waals surface area contributed by atoms with Crippen molar-refractivity contribution in [2.45, 2.75) is 31.0 Å². The second-order valence-electron chi connectivity index (χ2n) is 4.68. The van der Waals surface area contributed by atoms with Crippen LogP contribution in [0.2, 0.25) is 0 Å². The van der Waals surface area contributed by atoms with Crippen molar-refractivity contribution in [3.05, 3.63) is 11.6 Å². The smallest absolute Gasteiger partial charge is 0.257 e. The number of hydrogen-bond donors (Lipinski definition) is 0. The van der Waals surface area contributed by atoms with E-state index in [9.17, 15) is 13.2 Å². The maximum atomic E-state index is 13.3. The molecule has 0 aliphatic carbocycles. The summed E-state index contributed by atoms with van der Waals surface area (Å²) in [5.74, 6) is 0. The fourth-order valence-corrected chi connectivity index (χ4v) is 2.94. The molecule has 2 rings (SSSR count). The van der Waals surface area contributed by atoms with Crippen LogP contribution in [-0.4, -0.2) is 49.8 Å². The fraction of sp³-hybridized carbons (Fsp3) is 0.818. The number of alkyl halides is 3. The second-order valence-corrected chi connectivity index (χ2v) is 4.68. The molecule has 2 saturated heterocycles. The van der Waals surface area contributed by atoms with E-state index < -0.39 is 12.6 Å². The van der Waals surface area contributed by atoms with Crippen molar-refractivity contribution in [1.29, 1.82) is 0 Å². The first-order chi connectivity index (χ1) is 7.55. The van der Waals surface area contributed by atoms with Crippen LogP contribution < -0.4 is 0 Å². The summed E-state index contributed by atoms with van der Waals surface area (Å²) in [5.41, 5.74) is 0.327. The van der Waals surface area contributed by atoms with Gasteiger partial charge in [-0.25, -0.2) is 13.2 Å². The third kappa shape index (κ3) is 2.11. The predicted octanol–water partition coefficient (Wildman–Crippen LogP) is 2.01. The zero-order valence-electron chi connectivity index (χ0n) is 9.26. The van der Waals surface area contributed by atoms with Gasteiger partial charge in [0.05, 0.1) is 12.1 Å². The Morgan fingerprint density at radius 1 is 1.62 bits per heavy atom. The summed E-state index contributed by atoms with van der Waals surface area (Å²) in [6, 6.07) is 0. The van der Waals surface area contributed by atoms with Gasteiger partial charge in [-0.3, -0.25) is 4.90 Å². The number of allylic oxidation sites excluding steroid dienone is 1. The van der Waals surface area contributed by atoms with Crippen LogP contribution in [0, 0.1) is 0 Å². The third-order valence-electron chi connectivity index (χ3n) is 3.42. The molecule has 2 atom stereocenters. The van der Waals surface area contributed by atoms with Gasteiger partial charge >= 0.3 is 0 Å². The molecule has 2 heterocycles. The molecule has 2 aliphatic heterocycles. The maximum Gasteiger partial charge on any atom is 0.257 e. The highest BCUT2D eigenvalue weighted by molar-refractivity contribution is 5.22. The topological polar surface area (TPSA) is 12.5 Å². The molecule has 0 bridgehead atoms. The molecule has 5 heteroatoms. The number of ether oxygens (including phenoxy) is 1. The molecule has 2 aliphatic rings. The third-order valence-corrected chi connectivity index (χ3v) is 3.42. The highest BCUT2D eigenvalue weighted by Crippen LogP contribution is 2.42. The highest BCUT2D eigenvalue weighted by atomic mass is 19.3. The molecule has 0 radical (unpaired) electrons. The molecule has 92 valence electrons. The number of hydrogen-bond acceptors (Lipinski definition) is 2. The number of fused-ring (bicyclic) bond motifs is 1. The van der Waals surface area contributed by atoms with Crippen LogP contribution in [0.4, 0.5) is 13.2 Å². The van der Waals surface area contributed by atoms with Crippen LogP contribution in [0.1, 0.15) is 12.8 Å². The van der Waals surface area contributed by atoms with Gasteiger partial charge in [0.25, 0.3) is 6.43 Å². The minimum absolute atomic E-state index is 0.337. The van der Waals surface area contributed by atoms with Crippen molar-refractivity contribution in [2.24, 2.45) is 0 Å². The van der Waals surface area contributed by atoms with Gasteiger partial charge in [0.15, 0.2) is 0 Å². The van der Waals surface area contributed by atoms with E-state index in [4.69, 9.17) is 4.74 Å². The second kappa shape index (κ2) is 4.37. The molecule has 0 aromatic heterocycles. The van der Waals surface area contributed by atoms with Gasteiger partial charge in [-0.1, -0.05) is 5.57 Å². The Labute approximate surface area is 93.1 Å². The van der Waals surface area contributed by atoms with Gasteiger partial charge in [0.1, 0.15) is 6.17 Å². The molecule has 0 spiro atoms. The molecular weight excluding hydrogens is 219 g/mol. The zero-order chi connectivity index (χ0) is 11.8. The van der Waals surface area contributed by atoms with Crippen molar-refractivity contribution in [1.82, 2.24) is 4.90 Å². The van der Waals surface area contributed by atoms with E-state index in [-0.39, 0.29) is 5.54 Å². The van der Waals surface area contributed by atoms with Crippen molar-refractivity contribution >= 4 is 0 Å². The predicted molar refractivity (Wildman–Crippen MR) is 54.4 cm³/mol. The normalized spacial score (nSPS) is 37.6. The number of nitrogens with zero attached hydrogens (tertiary/aromatic N) is 1. The van der Waals surface area contributed by atoms with E-state index in [1.807, 2.05) is 4.90 Å². The number of halogens is 3. The summed E-state index contributed by atoms with van der Waals surface area (Å²) in [5, 5.41) is 0. The first-order valence-electron chi connectivity index (χ1n) is 5.41. The molecule has 2 unspecified atom stereocenters. The molecule has 0 aromatic carbocycles. The lowest BCUT2D eigenvalue weighted by atomic mass is 9.93. The minimum atomic E-state index is -2.42. The molecule has 0 saturated carbocycles. The molecule has 0 amide bonds. The van der Waals surface area contributed by atoms with Crippen LogP contribution in [0.3, 0.4) is 0 Å². The Hall–Kier alpha value is -0.550. The summed E-state index contributed by atoms with van der Waals surface area (Å²) in [6.07, 6.45) is -1.39. The van der Waals surface area contributed by atoms with Crippen molar-refractivity contribution < 1.29 is 17.9 Å². The van der Waals surface area contributed by atoms with Gasteiger partial charge in [0.2, 0.25) is 0 Å². The van der Waals surface area contributed by atoms with Crippen LogP contribution in [0.25, 0.3) is 0 Å². The lowest BCUT2D eigenvalue weighted by Crippen LogP contribution is -2.42. The van der Waals surface area contributed by atoms with E-state index in [0.717, 1.165) is 6.08 Å². The monoisotopic (exact) mass is 235 g/mol. The van der Waals surface area contributed by atoms with E-state index in [0.29, 0.717) is 38.1 Å². The van der Waals surface area contributed by atoms with Crippen LogP contribution in [-0.2, 0) is 4.74 Å². The average Bonchev–Trinajstić information content (AvgIpc) is 2.55. The lowest BCUT2D eigenvalue weighted by molar-refractivity contribution is 0.0653. The van der Waals surface area contributed by atoms with E-state index in [1.165, 1.54) is 0 Å². The molecule has 16 heavy (non-hydrogen) atoms. The molecule has 2 nitrogen and oxygen atoms in total. The number of methoxy groups -OCH3 is 1. The summed E-state index contributed by atoms with van der Waals surface area (Å²) in [7, 11) is 1.56. The molecule has 2 fully saturated rings. The fourth-order valence-electron chi connectivity index (χ4n) is 2.94. The van der Waals surface area contributed by atoms with Gasteiger partial charge in [-0.15, -0.1) is 0 Å². The SMILES string of the molecule is COCC12C/C(=C/C(F)F)CN1CC(F)C2. The lowest BCUT2D eigenvalue weighted by Gasteiger charge is -2.29. The summed E-state index contributed by atoms with van der Waals surface area (Å²) in [4.78, 5) is 1.94. The number of rotatable bonds is 3. The van der Waals surface area contributed by atoms with Crippen LogP contribution in [0.15, 0.2) is 11.6 Å². The molecule has 0 N–H and O–H groups in total. The molecule has 0 aromatic rings.